The number of nitrogens with zero attached hydrogens (tertiary/aromatic N) is 1. The summed E-state index contributed by atoms with van der Waals surface area (Å²) < 4.78 is 0. The van der Waals surface area contributed by atoms with Crippen LogP contribution < -0.4 is 0 Å². The number of hydrogen-bond donors (Lipinski definition) is 0. The van der Waals surface area contributed by atoms with Gasteiger partial charge in [0.15, 0.2) is 0 Å². The third kappa shape index (κ3) is 3.97. The van der Waals surface area contributed by atoms with Crippen molar-refractivity contribution in [1.29, 1.82) is 0 Å². The molecule has 2 aliphatic rings. The second kappa shape index (κ2) is 5.85. The highest BCUT2D eigenvalue weighted by atomic mass is 16.2. The van der Waals surface area contributed by atoms with Crippen LogP contribution >= 0.6 is 0 Å². The molecule has 2 rings (SSSR count). The molecule has 2 nitrogen and oxygen atoms in total. The van der Waals surface area contributed by atoms with Gasteiger partial charge in [0.25, 0.3) is 0 Å². The summed E-state index contributed by atoms with van der Waals surface area (Å²) >= 11 is 0. The van der Waals surface area contributed by atoms with Gasteiger partial charge in [-0.15, -0.1) is 0 Å². The maximum Gasteiger partial charge on any atom is 0.225 e. The molecule has 2 fully saturated rings. The molecule has 0 bridgehead atoms. The van der Waals surface area contributed by atoms with Crippen LogP contribution in [0.2, 0.25) is 0 Å². The topological polar surface area (TPSA) is 20.3 Å². The largest absolute Gasteiger partial charge is 0.345 e. The Balaban J connectivity index is 1.66. The Morgan fingerprint density at radius 2 is 2.11 bits per heavy atom. The molecule has 0 aromatic carbocycles. The molecular formula is C17H31NO. The summed E-state index contributed by atoms with van der Waals surface area (Å²) in [5.74, 6) is 2.51. The molecule has 0 heterocycles. The van der Waals surface area contributed by atoms with Crippen molar-refractivity contribution in [2.45, 2.75) is 65.7 Å². The van der Waals surface area contributed by atoms with Crippen LogP contribution in [0.5, 0.6) is 0 Å². The Labute approximate surface area is 118 Å². The minimum Gasteiger partial charge on any atom is -0.345 e. The van der Waals surface area contributed by atoms with Gasteiger partial charge in [-0.1, -0.05) is 40.0 Å². The van der Waals surface area contributed by atoms with Gasteiger partial charge in [0.2, 0.25) is 5.91 Å². The van der Waals surface area contributed by atoms with E-state index in [4.69, 9.17) is 0 Å². The van der Waals surface area contributed by atoms with Crippen LogP contribution in [0.1, 0.15) is 65.7 Å². The molecule has 0 N–H and O–H groups in total. The lowest BCUT2D eigenvalue weighted by Crippen LogP contribution is -2.33. The van der Waals surface area contributed by atoms with E-state index in [1.165, 1.54) is 32.1 Å². The van der Waals surface area contributed by atoms with Gasteiger partial charge in [0, 0.05) is 19.5 Å². The molecule has 19 heavy (non-hydrogen) atoms. The normalized spacial score (nSPS) is 31.1. The molecule has 0 aromatic rings. The van der Waals surface area contributed by atoms with Crippen LogP contribution in [0.25, 0.3) is 0 Å². The van der Waals surface area contributed by atoms with Crippen molar-refractivity contribution in [3.05, 3.63) is 0 Å². The number of carbonyl (C=O) groups is 1. The molecule has 3 atom stereocenters. The van der Waals surface area contributed by atoms with Gasteiger partial charge in [0.05, 0.1) is 0 Å². The second-order valence-corrected chi connectivity index (χ2v) is 7.47. The second-order valence-electron chi connectivity index (χ2n) is 7.47. The molecule has 110 valence electrons. The molecular weight excluding hydrogens is 234 g/mol. The molecule has 2 unspecified atom stereocenters. The first kappa shape index (κ1) is 14.9. The molecule has 2 aliphatic carbocycles. The fourth-order valence-electron chi connectivity index (χ4n) is 3.33. The molecule has 0 radical (unpaired) electrons. The number of hydrogen-bond acceptors (Lipinski definition) is 1. The van der Waals surface area contributed by atoms with Crippen LogP contribution in [0.4, 0.5) is 0 Å². The number of rotatable bonds is 8. The van der Waals surface area contributed by atoms with Crippen LogP contribution in [0, 0.1) is 23.2 Å². The first-order chi connectivity index (χ1) is 8.96. The summed E-state index contributed by atoms with van der Waals surface area (Å²) in [7, 11) is 2.00. The Bertz CT molecular complexity index is 323. The van der Waals surface area contributed by atoms with E-state index >= 15 is 0 Å². The maximum atomic E-state index is 12.0. The molecule has 2 saturated carbocycles. The smallest absolute Gasteiger partial charge is 0.225 e. The van der Waals surface area contributed by atoms with Crippen molar-refractivity contribution >= 4 is 5.91 Å². The predicted molar refractivity (Wildman–Crippen MR) is 79.9 cm³/mol. The van der Waals surface area contributed by atoms with E-state index in [1.807, 2.05) is 11.9 Å². The lowest BCUT2D eigenvalue weighted by Gasteiger charge is -2.22. The molecule has 0 aliphatic heterocycles. The Morgan fingerprint density at radius 3 is 2.68 bits per heavy atom. The summed E-state index contributed by atoms with van der Waals surface area (Å²) in [5.41, 5.74) is 0.425. The lowest BCUT2D eigenvalue weighted by molar-refractivity contribution is -0.132. The number of amides is 1. The standard InChI is InChI=1S/C17H31NO/c1-5-13(2)7-6-8-15-11-17(15,3)12-18(4)16(19)14-9-10-14/h13-15H,5-12H2,1-4H3/t13-,15?,17?/m0/s1. The van der Waals surface area contributed by atoms with E-state index in [0.717, 1.165) is 31.2 Å². The van der Waals surface area contributed by atoms with Crippen molar-refractivity contribution in [1.82, 2.24) is 4.90 Å². The highest BCUT2D eigenvalue weighted by molar-refractivity contribution is 5.80. The number of carbonyl (C=O) groups excluding carboxylic acids is 1. The van der Waals surface area contributed by atoms with Crippen LogP contribution in [0.3, 0.4) is 0 Å². The molecule has 0 spiro atoms. The van der Waals surface area contributed by atoms with Crippen molar-refractivity contribution in [2.24, 2.45) is 23.2 Å². The van der Waals surface area contributed by atoms with Gasteiger partial charge >= 0.3 is 0 Å². The van der Waals surface area contributed by atoms with Gasteiger partial charge in [-0.2, -0.15) is 0 Å². The van der Waals surface area contributed by atoms with Crippen molar-refractivity contribution in [3.63, 3.8) is 0 Å². The average Bonchev–Trinajstić information content (AvgIpc) is 3.26. The maximum absolute atomic E-state index is 12.0. The predicted octanol–water partition coefficient (Wildman–Crippen LogP) is 4.10. The molecule has 0 aromatic heterocycles. The lowest BCUT2D eigenvalue weighted by atomic mass is 9.97. The zero-order chi connectivity index (χ0) is 14.0. The van der Waals surface area contributed by atoms with Crippen molar-refractivity contribution in [3.8, 4) is 0 Å². The van der Waals surface area contributed by atoms with E-state index < -0.39 is 0 Å². The first-order valence-corrected chi connectivity index (χ1v) is 8.21. The highest BCUT2D eigenvalue weighted by Crippen LogP contribution is 2.55. The Hall–Kier alpha value is -0.530. The Kier molecular flexibility index (Phi) is 4.58. The first-order valence-electron chi connectivity index (χ1n) is 8.21. The molecule has 1 amide bonds. The van der Waals surface area contributed by atoms with Gasteiger partial charge in [-0.25, -0.2) is 0 Å². The minimum absolute atomic E-state index is 0.371. The van der Waals surface area contributed by atoms with Crippen molar-refractivity contribution < 1.29 is 4.79 Å². The van der Waals surface area contributed by atoms with Gasteiger partial charge in [-0.05, 0) is 42.9 Å². The van der Waals surface area contributed by atoms with E-state index in [-0.39, 0.29) is 0 Å². The third-order valence-electron chi connectivity index (χ3n) is 5.39. The summed E-state index contributed by atoms with van der Waals surface area (Å²) in [5, 5.41) is 0. The summed E-state index contributed by atoms with van der Waals surface area (Å²) in [6, 6.07) is 0. The van der Waals surface area contributed by atoms with Gasteiger partial charge in [-0.3, -0.25) is 4.79 Å². The van der Waals surface area contributed by atoms with E-state index in [0.29, 0.717) is 17.2 Å². The zero-order valence-corrected chi connectivity index (χ0v) is 13.2. The fraction of sp³-hybridized carbons (Fsp3) is 0.941. The molecule has 2 heteroatoms. The SMILES string of the molecule is CC[C@H](C)CCCC1CC1(C)CN(C)C(=O)C1CC1. The van der Waals surface area contributed by atoms with Crippen LogP contribution in [-0.4, -0.2) is 24.4 Å². The summed E-state index contributed by atoms with van der Waals surface area (Å²) in [4.78, 5) is 14.0. The van der Waals surface area contributed by atoms with E-state index in [9.17, 15) is 4.79 Å². The van der Waals surface area contributed by atoms with Crippen LogP contribution in [-0.2, 0) is 4.79 Å². The summed E-state index contributed by atoms with van der Waals surface area (Å²) in [6.45, 7) is 7.99. The average molecular weight is 265 g/mol. The Morgan fingerprint density at radius 1 is 1.42 bits per heavy atom. The quantitative estimate of drug-likeness (QED) is 0.647. The van der Waals surface area contributed by atoms with E-state index in [2.05, 4.69) is 20.8 Å². The highest BCUT2D eigenvalue weighted by Gasteiger charge is 2.50. The van der Waals surface area contributed by atoms with Gasteiger partial charge in [0.1, 0.15) is 0 Å². The zero-order valence-electron chi connectivity index (χ0n) is 13.2. The van der Waals surface area contributed by atoms with Crippen molar-refractivity contribution in [2.75, 3.05) is 13.6 Å². The summed E-state index contributed by atoms with van der Waals surface area (Å²) in [6.07, 6.45) is 8.99. The fourth-order valence-corrected chi connectivity index (χ4v) is 3.33. The third-order valence-corrected chi connectivity index (χ3v) is 5.39. The monoisotopic (exact) mass is 265 g/mol. The van der Waals surface area contributed by atoms with Gasteiger partial charge < -0.3 is 4.90 Å². The molecule has 0 saturated heterocycles. The van der Waals surface area contributed by atoms with E-state index in [1.54, 1.807) is 0 Å². The minimum atomic E-state index is 0.371. The van der Waals surface area contributed by atoms with Crippen LogP contribution in [0.15, 0.2) is 0 Å².